The highest BCUT2D eigenvalue weighted by atomic mass is 35.5. The largest absolute Gasteiger partial charge is 0.395 e. The summed E-state index contributed by atoms with van der Waals surface area (Å²) in [5.74, 6) is 0. The van der Waals surface area contributed by atoms with Gasteiger partial charge in [0.2, 0.25) is 0 Å². The summed E-state index contributed by atoms with van der Waals surface area (Å²) >= 11 is 35.3. The number of hydrogen-bond donors (Lipinski definition) is 4. The molecule has 0 unspecified atom stereocenters. The van der Waals surface area contributed by atoms with E-state index in [1.807, 2.05) is 0 Å². The van der Waals surface area contributed by atoms with Gasteiger partial charge in [0.1, 0.15) is 0 Å². The summed E-state index contributed by atoms with van der Waals surface area (Å²) in [7, 11) is 0. The van der Waals surface area contributed by atoms with E-state index in [4.69, 9.17) is 91.3 Å². The fourth-order valence-electron chi connectivity index (χ4n) is 1.05. The maximum Gasteiger partial charge on any atom is 0.0693 e. The first-order chi connectivity index (χ1) is 9.29. The molecule has 1 fully saturated rings. The van der Waals surface area contributed by atoms with Crippen LogP contribution in [-0.4, -0.2) is 68.8 Å². The van der Waals surface area contributed by atoms with Crippen LogP contribution in [-0.2, 0) is 0 Å². The second-order valence-electron chi connectivity index (χ2n) is 3.69. The van der Waals surface area contributed by atoms with Crippen molar-refractivity contribution in [2.24, 2.45) is 11.5 Å². The Morgan fingerprint density at radius 3 is 0.700 bits per heavy atom. The van der Waals surface area contributed by atoms with E-state index in [0.29, 0.717) is 13.1 Å². The Hall–Kier alpha value is 1.58. The number of rotatable bonds is 2. The molecule has 0 aromatic heterocycles. The van der Waals surface area contributed by atoms with Crippen molar-refractivity contribution in [3.63, 3.8) is 0 Å². The quantitative estimate of drug-likeness (QED) is 0.517. The van der Waals surface area contributed by atoms with E-state index >= 15 is 0 Å². The molecule has 0 bridgehead atoms. The van der Waals surface area contributed by atoms with Gasteiger partial charge < -0.3 is 21.7 Å². The lowest BCUT2D eigenvalue weighted by Crippen LogP contribution is -2.52. The van der Waals surface area contributed by atoms with E-state index in [1.54, 1.807) is 0 Å². The lowest BCUT2D eigenvalue weighted by Gasteiger charge is -2.37. The van der Waals surface area contributed by atoms with Gasteiger partial charge in [-0.3, -0.25) is 0 Å². The second kappa shape index (κ2) is 14.2. The molecule has 10 heteroatoms. The first-order valence-corrected chi connectivity index (χ1v) is 8.38. The third-order valence-corrected chi connectivity index (χ3v) is 6.11. The molecule has 0 amide bonds. The molecule has 1 aliphatic carbocycles. The maximum absolute atomic E-state index is 7.75. The molecule has 4 nitrogen and oxygen atoms in total. The molecule has 20 heavy (non-hydrogen) atoms. The van der Waals surface area contributed by atoms with E-state index in [2.05, 4.69) is 0 Å². The lowest BCUT2D eigenvalue weighted by molar-refractivity contribution is 0.306. The predicted octanol–water partition coefficient (Wildman–Crippen LogP) is 1.52. The molecule has 0 aromatic carbocycles. The van der Waals surface area contributed by atoms with E-state index < -0.39 is 32.3 Å². The fourth-order valence-corrected chi connectivity index (χ4v) is 3.38. The highest BCUT2D eigenvalue weighted by molar-refractivity contribution is 6.45. The average molecular weight is 413 g/mol. The normalized spacial score (nSPS) is 36.3. The van der Waals surface area contributed by atoms with Gasteiger partial charge in [-0.15, -0.1) is 69.6 Å². The molecule has 124 valence electrons. The summed E-state index contributed by atoms with van der Waals surface area (Å²) in [5.41, 5.74) is 9.56. The van der Waals surface area contributed by atoms with Crippen molar-refractivity contribution < 1.29 is 10.2 Å². The van der Waals surface area contributed by atoms with Gasteiger partial charge in [-0.25, -0.2) is 0 Å². The molecular weight excluding hydrogens is 393 g/mol. The molecule has 0 spiro atoms. The Bertz CT molecular complexity index is 163. The van der Waals surface area contributed by atoms with Crippen LogP contribution >= 0.6 is 69.6 Å². The summed E-state index contributed by atoms with van der Waals surface area (Å²) in [4.78, 5) is 0. The summed E-state index contributed by atoms with van der Waals surface area (Å²) in [6.07, 6.45) is 0. The van der Waals surface area contributed by atoms with Gasteiger partial charge in [0.15, 0.2) is 0 Å². The number of aliphatic hydroxyl groups excluding tert-OH is 2. The number of alkyl halides is 6. The molecule has 1 aliphatic rings. The first kappa shape index (κ1) is 23.8. The molecule has 0 saturated heterocycles. The van der Waals surface area contributed by atoms with Crippen molar-refractivity contribution in [2.75, 3.05) is 26.3 Å². The monoisotopic (exact) mass is 410 g/mol. The molecule has 0 aliphatic heterocycles. The van der Waals surface area contributed by atoms with Gasteiger partial charge in [0, 0.05) is 13.1 Å². The Morgan fingerprint density at radius 1 is 0.550 bits per heavy atom. The number of halogens is 6. The second-order valence-corrected chi connectivity index (χ2v) is 6.71. The zero-order chi connectivity index (χ0) is 16.3. The average Bonchev–Trinajstić information content (AvgIpc) is 2.49. The highest BCUT2D eigenvalue weighted by Gasteiger charge is 2.46. The zero-order valence-corrected chi connectivity index (χ0v) is 15.1. The molecule has 0 radical (unpaired) electrons. The Morgan fingerprint density at radius 2 is 0.650 bits per heavy atom. The van der Waals surface area contributed by atoms with E-state index in [-0.39, 0.29) is 13.2 Å². The van der Waals surface area contributed by atoms with Crippen LogP contribution in [0.5, 0.6) is 0 Å². The van der Waals surface area contributed by atoms with Gasteiger partial charge in [-0.2, -0.15) is 0 Å². The highest BCUT2D eigenvalue weighted by Crippen LogP contribution is 2.39. The van der Waals surface area contributed by atoms with Crippen LogP contribution in [0.2, 0.25) is 0 Å². The Labute approximate surface area is 149 Å². The Balaban J connectivity index is 0. The minimum Gasteiger partial charge on any atom is -0.395 e. The van der Waals surface area contributed by atoms with Crippen LogP contribution in [0.3, 0.4) is 0 Å². The van der Waals surface area contributed by atoms with Crippen LogP contribution in [0.4, 0.5) is 0 Å². The van der Waals surface area contributed by atoms with Crippen LogP contribution in [0.25, 0.3) is 0 Å². The SMILES string of the molecule is ClC1C(Cl)C(Cl)C(Cl)C(Cl)C1Cl.NCCO.NCCO. The van der Waals surface area contributed by atoms with Crippen molar-refractivity contribution in [2.45, 2.75) is 32.3 Å². The fraction of sp³-hybridized carbons (Fsp3) is 1.00. The third-order valence-electron chi connectivity index (χ3n) is 2.08. The first-order valence-electron chi connectivity index (χ1n) is 5.76. The number of aliphatic hydroxyl groups is 2. The summed E-state index contributed by atoms with van der Waals surface area (Å²) in [6.45, 7) is 0.944. The molecule has 1 saturated carbocycles. The van der Waals surface area contributed by atoms with Gasteiger partial charge >= 0.3 is 0 Å². The van der Waals surface area contributed by atoms with E-state index in [9.17, 15) is 0 Å². The van der Waals surface area contributed by atoms with Gasteiger partial charge in [0.25, 0.3) is 0 Å². The van der Waals surface area contributed by atoms with Crippen LogP contribution < -0.4 is 11.5 Å². The summed E-state index contributed by atoms with van der Waals surface area (Å²) in [6, 6.07) is 0. The summed E-state index contributed by atoms with van der Waals surface area (Å²) in [5, 5.41) is 12.9. The lowest BCUT2D eigenvalue weighted by atomic mass is 9.97. The number of nitrogens with two attached hydrogens (primary N) is 2. The zero-order valence-electron chi connectivity index (χ0n) is 10.6. The Kier molecular flexibility index (Phi) is 16.9. The molecule has 1 rings (SSSR count). The van der Waals surface area contributed by atoms with Gasteiger partial charge in [-0.05, 0) is 0 Å². The van der Waals surface area contributed by atoms with Gasteiger partial charge in [-0.1, -0.05) is 0 Å². The minimum absolute atomic E-state index is 0.0972. The predicted molar refractivity (Wildman–Crippen MR) is 90.1 cm³/mol. The van der Waals surface area contributed by atoms with Crippen LogP contribution in [0.15, 0.2) is 0 Å². The topological polar surface area (TPSA) is 92.5 Å². The van der Waals surface area contributed by atoms with Crippen LogP contribution in [0, 0.1) is 0 Å². The molecule has 0 aromatic rings. The molecular formula is C10H20Cl6N2O2. The minimum atomic E-state index is -0.437. The van der Waals surface area contributed by atoms with E-state index in [1.165, 1.54) is 0 Å². The number of hydrogen-bond acceptors (Lipinski definition) is 4. The van der Waals surface area contributed by atoms with Crippen molar-refractivity contribution in [3.05, 3.63) is 0 Å². The third kappa shape index (κ3) is 8.89. The smallest absolute Gasteiger partial charge is 0.0693 e. The standard InChI is InChI=1S/C6H6Cl6.2C2H7NO/c7-1-2(8)4(10)6(12)5(11)3(1)9;2*3-1-2-4/h1-6H;2*4H,1-3H2. The van der Waals surface area contributed by atoms with Crippen molar-refractivity contribution >= 4 is 69.6 Å². The van der Waals surface area contributed by atoms with Gasteiger partial charge in [0.05, 0.1) is 45.5 Å². The van der Waals surface area contributed by atoms with Crippen LogP contribution in [0.1, 0.15) is 0 Å². The molecule has 0 atom stereocenters. The van der Waals surface area contributed by atoms with Crippen molar-refractivity contribution in [3.8, 4) is 0 Å². The molecule has 0 heterocycles. The summed E-state index contributed by atoms with van der Waals surface area (Å²) < 4.78 is 0. The van der Waals surface area contributed by atoms with E-state index in [0.717, 1.165) is 0 Å². The van der Waals surface area contributed by atoms with Crippen molar-refractivity contribution in [1.82, 2.24) is 0 Å². The molecule has 6 N–H and O–H groups in total. The maximum atomic E-state index is 7.75. The van der Waals surface area contributed by atoms with Crippen molar-refractivity contribution in [1.29, 1.82) is 0 Å².